The highest BCUT2D eigenvalue weighted by atomic mass is 32.2. The van der Waals surface area contributed by atoms with Gasteiger partial charge in [0.05, 0.1) is 18.5 Å². The number of phenols is 1. The van der Waals surface area contributed by atoms with Crippen molar-refractivity contribution >= 4 is 22.7 Å². The second-order valence-corrected chi connectivity index (χ2v) is 11.1. The van der Waals surface area contributed by atoms with Gasteiger partial charge in [0.15, 0.2) is 0 Å². The van der Waals surface area contributed by atoms with Crippen molar-refractivity contribution in [3.05, 3.63) is 54.4 Å². The second-order valence-electron chi connectivity index (χ2n) is 9.84. The molecule has 1 atom stereocenters. The first-order valence-electron chi connectivity index (χ1n) is 12.6. The Morgan fingerprint density at radius 3 is 2.67 bits per heavy atom. The van der Waals surface area contributed by atoms with E-state index >= 15 is 0 Å². The minimum Gasteiger partial charge on any atom is -0.507 e. The van der Waals surface area contributed by atoms with Crippen molar-refractivity contribution in [2.24, 2.45) is 7.05 Å². The zero-order chi connectivity index (χ0) is 24.6. The lowest BCUT2D eigenvalue weighted by Gasteiger charge is -2.43. The molecule has 0 bridgehead atoms. The highest BCUT2D eigenvalue weighted by Crippen LogP contribution is 2.37. The number of hydrogen-bond acceptors (Lipinski definition) is 7. The molecule has 186 valence electrons. The molecule has 2 aliphatic heterocycles. The van der Waals surface area contributed by atoms with Gasteiger partial charge in [-0.1, -0.05) is 6.07 Å². The maximum atomic E-state index is 10.9. The zero-order valence-electron chi connectivity index (χ0n) is 20.7. The summed E-state index contributed by atoms with van der Waals surface area (Å²) in [6.07, 6.45) is 5.92. The van der Waals surface area contributed by atoms with E-state index in [2.05, 4.69) is 44.1 Å². The number of benzene rings is 2. The van der Waals surface area contributed by atoms with Crippen LogP contribution >= 0.6 is 11.8 Å². The van der Waals surface area contributed by atoms with Crippen LogP contribution in [-0.4, -0.2) is 67.7 Å². The van der Waals surface area contributed by atoms with E-state index in [0.717, 1.165) is 46.9 Å². The van der Waals surface area contributed by atoms with Crippen molar-refractivity contribution in [2.45, 2.75) is 31.2 Å². The number of hydrogen-bond donors (Lipinski definition) is 1. The third-order valence-corrected chi connectivity index (χ3v) is 8.57. The average Bonchev–Trinajstić information content (AvgIpc) is 3.05. The molecule has 4 heterocycles. The smallest absolute Gasteiger partial charge is 0.147 e. The molecule has 2 aliphatic rings. The Morgan fingerprint density at radius 1 is 1.00 bits per heavy atom. The number of nitrogens with zero attached hydrogens (tertiary/aromatic N) is 5. The third kappa shape index (κ3) is 4.44. The van der Waals surface area contributed by atoms with Crippen LogP contribution in [0, 0.1) is 0 Å². The predicted molar refractivity (Wildman–Crippen MR) is 145 cm³/mol. The van der Waals surface area contributed by atoms with Gasteiger partial charge in [-0.25, -0.2) is 0 Å². The fourth-order valence-electron chi connectivity index (χ4n) is 5.43. The van der Waals surface area contributed by atoms with Gasteiger partial charge in [0, 0.05) is 49.2 Å². The van der Waals surface area contributed by atoms with Crippen LogP contribution in [0.3, 0.4) is 0 Å². The first kappa shape index (κ1) is 23.3. The summed E-state index contributed by atoms with van der Waals surface area (Å²) >= 11 is 2.09. The third-order valence-electron chi connectivity index (χ3n) is 7.47. The standard InChI is InChI=1S/C28H31N5O2S/c1-32-15-20-12-19(14-27(35-2)28(20)31-32)18-5-6-23(26(34)13-18)25-8-7-24(29-30-25)21-16-33(17-21)22-4-3-10-36-11-9-22/h5-8,12-15,21-22,34H,3-4,9-11,16-17H2,1-2H3. The maximum Gasteiger partial charge on any atom is 0.147 e. The van der Waals surface area contributed by atoms with Crippen molar-refractivity contribution in [3.8, 4) is 33.9 Å². The van der Waals surface area contributed by atoms with Crippen LogP contribution in [0.2, 0.25) is 0 Å². The van der Waals surface area contributed by atoms with Crippen molar-refractivity contribution in [2.75, 3.05) is 31.7 Å². The summed E-state index contributed by atoms with van der Waals surface area (Å²) in [5.41, 5.74) is 5.08. The van der Waals surface area contributed by atoms with Crippen LogP contribution in [-0.2, 0) is 7.05 Å². The van der Waals surface area contributed by atoms with Crippen LogP contribution in [0.4, 0.5) is 0 Å². The molecule has 1 unspecified atom stereocenters. The summed E-state index contributed by atoms with van der Waals surface area (Å²) in [6, 6.07) is 14.5. The monoisotopic (exact) mass is 501 g/mol. The number of ether oxygens (including phenoxy) is 1. The molecule has 2 fully saturated rings. The number of phenolic OH excluding ortho intramolecular Hbond substituents is 1. The minimum absolute atomic E-state index is 0.181. The summed E-state index contributed by atoms with van der Waals surface area (Å²) in [4.78, 5) is 2.62. The van der Waals surface area contributed by atoms with Crippen LogP contribution < -0.4 is 4.74 Å². The molecule has 6 rings (SSSR count). The first-order valence-corrected chi connectivity index (χ1v) is 13.7. The van der Waals surface area contributed by atoms with Gasteiger partial charge in [0.25, 0.3) is 0 Å². The molecule has 0 amide bonds. The normalized spacial score (nSPS) is 19.2. The lowest BCUT2D eigenvalue weighted by molar-refractivity contribution is 0.0825. The Kier molecular flexibility index (Phi) is 6.31. The van der Waals surface area contributed by atoms with Gasteiger partial charge >= 0.3 is 0 Å². The molecule has 36 heavy (non-hydrogen) atoms. The molecule has 1 N–H and O–H groups in total. The molecule has 0 saturated carbocycles. The van der Waals surface area contributed by atoms with Crippen LogP contribution in [0.5, 0.6) is 11.5 Å². The van der Waals surface area contributed by atoms with Crippen molar-refractivity contribution in [1.29, 1.82) is 0 Å². The summed E-state index contributed by atoms with van der Waals surface area (Å²) in [6.45, 7) is 2.15. The molecule has 2 saturated heterocycles. The zero-order valence-corrected chi connectivity index (χ0v) is 21.5. The summed E-state index contributed by atoms with van der Waals surface area (Å²) in [7, 11) is 3.54. The van der Waals surface area contributed by atoms with Gasteiger partial charge < -0.3 is 9.84 Å². The van der Waals surface area contributed by atoms with Gasteiger partial charge in [0.2, 0.25) is 0 Å². The number of fused-ring (bicyclic) bond motifs is 1. The lowest BCUT2D eigenvalue weighted by atomic mass is 9.91. The number of aryl methyl sites for hydroxylation is 1. The minimum atomic E-state index is 0.181. The van der Waals surface area contributed by atoms with E-state index in [-0.39, 0.29) is 5.75 Å². The molecule has 2 aromatic heterocycles. The van der Waals surface area contributed by atoms with Crippen molar-refractivity contribution in [1.82, 2.24) is 24.9 Å². The summed E-state index contributed by atoms with van der Waals surface area (Å²) < 4.78 is 7.33. The van der Waals surface area contributed by atoms with E-state index < -0.39 is 0 Å². The van der Waals surface area contributed by atoms with E-state index in [9.17, 15) is 5.11 Å². The van der Waals surface area contributed by atoms with Gasteiger partial charge in [-0.15, -0.1) is 0 Å². The van der Waals surface area contributed by atoms with Gasteiger partial charge in [-0.3, -0.25) is 9.58 Å². The molecule has 2 aromatic carbocycles. The molecular formula is C28H31N5O2S. The lowest BCUT2D eigenvalue weighted by Crippen LogP contribution is -2.51. The van der Waals surface area contributed by atoms with Crippen LogP contribution in [0.1, 0.15) is 30.9 Å². The molecule has 0 aliphatic carbocycles. The molecule has 0 spiro atoms. The summed E-state index contributed by atoms with van der Waals surface area (Å²) in [5.74, 6) is 3.94. The van der Waals surface area contributed by atoms with E-state index in [1.165, 1.54) is 30.8 Å². The number of aromatic hydroxyl groups is 1. The van der Waals surface area contributed by atoms with Crippen LogP contribution in [0.15, 0.2) is 48.7 Å². The largest absolute Gasteiger partial charge is 0.507 e. The Hall–Kier alpha value is -3.10. The van der Waals surface area contributed by atoms with E-state index in [1.807, 2.05) is 37.5 Å². The van der Waals surface area contributed by atoms with Gasteiger partial charge in [0.1, 0.15) is 17.0 Å². The van der Waals surface area contributed by atoms with Crippen molar-refractivity contribution in [3.63, 3.8) is 0 Å². The summed E-state index contributed by atoms with van der Waals surface area (Å²) in [5, 5.41) is 25.3. The topological polar surface area (TPSA) is 76.3 Å². The number of likely N-dealkylation sites (tertiary alicyclic amines) is 1. The van der Waals surface area contributed by atoms with Gasteiger partial charge in [-0.2, -0.15) is 27.1 Å². The highest BCUT2D eigenvalue weighted by Gasteiger charge is 2.34. The number of aromatic nitrogens is 4. The highest BCUT2D eigenvalue weighted by molar-refractivity contribution is 7.99. The maximum absolute atomic E-state index is 10.9. The van der Waals surface area contributed by atoms with Crippen molar-refractivity contribution < 1.29 is 9.84 Å². The molecule has 7 nitrogen and oxygen atoms in total. The SMILES string of the molecule is COc1cc(-c2ccc(-c3ccc(C4CN(C5CCCSCC5)C4)nn3)c(O)c2)cc2cn(C)nc12. The van der Waals surface area contributed by atoms with Crippen LogP contribution in [0.25, 0.3) is 33.3 Å². The molecule has 4 aromatic rings. The molecule has 0 radical (unpaired) electrons. The Bertz CT molecular complexity index is 1370. The Balaban J connectivity index is 1.18. The van der Waals surface area contributed by atoms with Gasteiger partial charge in [-0.05, 0) is 78.3 Å². The Morgan fingerprint density at radius 2 is 1.89 bits per heavy atom. The molecule has 8 heteroatoms. The van der Waals surface area contributed by atoms with E-state index in [4.69, 9.17) is 4.74 Å². The number of methoxy groups -OCH3 is 1. The Labute approximate surface area is 215 Å². The quantitative estimate of drug-likeness (QED) is 0.408. The first-order chi connectivity index (χ1) is 17.6. The fraction of sp³-hybridized carbons (Fsp3) is 0.393. The van der Waals surface area contributed by atoms with E-state index in [0.29, 0.717) is 22.9 Å². The number of rotatable bonds is 5. The average molecular weight is 502 g/mol. The molecular weight excluding hydrogens is 470 g/mol. The fourth-order valence-corrected chi connectivity index (χ4v) is 6.44. The number of thioether (sulfide) groups is 1. The van der Waals surface area contributed by atoms with E-state index in [1.54, 1.807) is 17.9 Å². The predicted octanol–water partition coefficient (Wildman–Crippen LogP) is 5.10. The second kappa shape index (κ2) is 9.75.